The zero-order valence-corrected chi connectivity index (χ0v) is 14.9. The van der Waals surface area contributed by atoms with Crippen molar-refractivity contribution in [2.45, 2.75) is 37.6 Å². The van der Waals surface area contributed by atoms with Gasteiger partial charge < -0.3 is 5.11 Å². The average molecular weight is 363 g/mol. The lowest BCUT2D eigenvalue weighted by molar-refractivity contribution is -0.137. The van der Waals surface area contributed by atoms with Gasteiger partial charge in [-0.2, -0.15) is 0 Å². The van der Waals surface area contributed by atoms with E-state index in [1.165, 1.54) is 6.07 Å². The van der Waals surface area contributed by atoms with Gasteiger partial charge in [0.15, 0.2) is 5.78 Å². The molecule has 25 heavy (non-hydrogen) atoms. The number of nitrogens with one attached hydrogen (secondary N) is 1. The second-order valence-corrected chi connectivity index (χ2v) is 7.82. The Bertz CT molecular complexity index is 884. The Hall–Kier alpha value is -2.25. The van der Waals surface area contributed by atoms with Gasteiger partial charge in [-0.05, 0) is 17.9 Å². The minimum atomic E-state index is -3.98. The largest absolute Gasteiger partial charge is 0.481 e. The fourth-order valence-electron chi connectivity index (χ4n) is 2.61. The first-order valence-electron chi connectivity index (χ1n) is 7.98. The Kier molecular flexibility index (Phi) is 5.92. The van der Waals surface area contributed by atoms with E-state index in [1.807, 2.05) is 6.07 Å². The molecule has 0 aliphatic heterocycles. The van der Waals surface area contributed by atoms with Crippen LogP contribution in [0.1, 0.15) is 26.7 Å². The van der Waals surface area contributed by atoms with E-state index in [-0.39, 0.29) is 23.5 Å². The van der Waals surface area contributed by atoms with Gasteiger partial charge >= 0.3 is 5.97 Å². The molecule has 0 radical (unpaired) electrons. The van der Waals surface area contributed by atoms with Crippen molar-refractivity contribution in [3.8, 4) is 0 Å². The van der Waals surface area contributed by atoms with E-state index < -0.39 is 28.0 Å². The van der Waals surface area contributed by atoms with Crippen LogP contribution in [0.2, 0.25) is 0 Å². The van der Waals surface area contributed by atoms with Crippen LogP contribution in [0, 0.1) is 5.92 Å². The van der Waals surface area contributed by atoms with Crippen LogP contribution in [0.5, 0.6) is 0 Å². The molecule has 0 saturated heterocycles. The van der Waals surface area contributed by atoms with Crippen molar-refractivity contribution in [3.63, 3.8) is 0 Å². The third-order valence-electron chi connectivity index (χ3n) is 3.90. The molecule has 134 valence electrons. The van der Waals surface area contributed by atoms with E-state index in [4.69, 9.17) is 5.11 Å². The smallest absolute Gasteiger partial charge is 0.303 e. The highest BCUT2D eigenvalue weighted by atomic mass is 32.2. The van der Waals surface area contributed by atoms with Gasteiger partial charge in [0.05, 0.1) is 10.9 Å². The summed E-state index contributed by atoms with van der Waals surface area (Å²) in [6.45, 7) is 3.31. The lowest BCUT2D eigenvalue weighted by atomic mass is 9.99. The van der Waals surface area contributed by atoms with Crippen LogP contribution < -0.4 is 4.72 Å². The second kappa shape index (κ2) is 7.76. The van der Waals surface area contributed by atoms with Crippen LogP contribution in [-0.2, 0) is 19.6 Å². The number of Topliss-reactive ketones (excluding diaryl/α,β-unsaturated/α-hetero) is 1. The lowest BCUT2D eigenvalue weighted by Gasteiger charge is -2.19. The van der Waals surface area contributed by atoms with Crippen LogP contribution in [0.4, 0.5) is 0 Å². The predicted octanol–water partition coefficient (Wildman–Crippen LogP) is 2.58. The predicted molar refractivity (Wildman–Crippen MR) is 94.8 cm³/mol. The number of carboxylic acid groups (broad SMARTS) is 1. The maximum atomic E-state index is 12.8. The first kappa shape index (κ1) is 19.1. The summed E-state index contributed by atoms with van der Waals surface area (Å²) in [4.78, 5) is 23.2. The number of hydrogen-bond donors (Lipinski definition) is 2. The van der Waals surface area contributed by atoms with E-state index in [0.717, 1.165) is 5.39 Å². The summed E-state index contributed by atoms with van der Waals surface area (Å²) in [5.74, 6) is -1.81. The molecule has 0 spiro atoms. The number of rotatable bonds is 8. The highest BCUT2D eigenvalue weighted by molar-refractivity contribution is 7.89. The summed E-state index contributed by atoms with van der Waals surface area (Å²) >= 11 is 0. The van der Waals surface area contributed by atoms with Gasteiger partial charge in [0.2, 0.25) is 10.0 Å². The fourth-order valence-corrected chi connectivity index (χ4v) is 4.08. The van der Waals surface area contributed by atoms with Crippen LogP contribution in [-0.4, -0.2) is 31.3 Å². The molecule has 0 bridgehead atoms. The zero-order chi connectivity index (χ0) is 18.6. The summed E-state index contributed by atoms with van der Waals surface area (Å²) in [7, 11) is -3.98. The normalized spacial score (nSPS) is 13.1. The van der Waals surface area contributed by atoms with Crippen LogP contribution >= 0.6 is 0 Å². The van der Waals surface area contributed by atoms with Gasteiger partial charge in [-0.3, -0.25) is 9.59 Å². The van der Waals surface area contributed by atoms with Gasteiger partial charge in [-0.15, -0.1) is 0 Å². The van der Waals surface area contributed by atoms with Crippen LogP contribution in [0.15, 0.2) is 47.4 Å². The molecule has 2 N–H and O–H groups in total. The summed E-state index contributed by atoms with van der Waals surface area (Å²) in [5, 5.41) is 10.2. The second-order valence-electron chi connectivity index (χ2n) is 6.14. The minimum Gasteiger partial charge on any atom is -0.481 e. The number of aliphatic carboxylic acids is 1. The van der Waals surface area contributed by atoms with Crippen molar-refractivity contribution >= 4 is 32.5 Å². The molecule has 7 heteroatoms. The van der Waals surface area contributed by atoms with Gasteiger partial charge in [0.25, 0.3) is 0 Å². The summed E-state index contributed by atoms with van der Waals surface area (Å²) in [5.41, 5.74) is 0. The molecule has 6 nitrogen and oxygen atoms in total. The van der Waals surface area contributed by atoms with E-state index in [0.29, 0.717) is 5.39 Å². The number of fused-ring (bicyclic) bond motifs is 1. The van der Waals surface area contributed by atoms with Crippen molar-refractivity contribution < 1.29 is 23.1 Å². The van der Waals surface area contributed by atoms with Crippen LogP contribution in [0.25, 0.3) is 10.8 Å². The number of benzene rings is 2. The van der Waals surface area contributed by atoms with E-state index >= 15 is 0 Å². The maximum Gasteiger partial charge on any atom is 0.303 e. The molecular weight excluding hydrogens is 342 g/mol. The molecule has 0 saturated carbocycles. The van der Waals surface area contributed by atoms with E-state index in [2.05, 4.69) is 4.72 Å². The molecule has 2 aromatic rings. The quantitative estimate of drug-likeness (QED) is 0.751. The number of carboxylic acids is 1. The van der Waals surface area contributed by atoms with Crippen molar-refractivity contribution in [2.24, 2.45) is 5.92 Å². The molecule has 1 unspecified atom stereocenters. The summed E-state index contributed by atoms with van der Waals surface area (Å²) in [6, 6.07) is 10.9. The molecule has 0 aliphatic rings. The van der Waals surface area contributed by atoms with Crippen molar-refractivity contribution in [2.75, 3.05) is 0 Å². The van der Waals surface area contributed by atoms with Gasteiger partial charge in [-0.1, -0.05) is 50.2 Å². The van der Waals surface area contributed by atoms with Crippen molar-refractivity contribution in [1.29, 1.82) is 0 Å². The molecular formula is C18H21NO5S. The first-order valence-corrected chi connectivity index (χ1v) is 9.46. The van der Waals surface area contributed by atoms with Crippen LogP contribution in [0.3, 0.4) is 0 Å². The molecule has 1 atom stereocenters. The summed E-state index contributed by atoms with van der Waals surface area (Å²) in [6.07, 6.45) is -0.377. The number of sulfonamides is 1. The Morgan fingerprint density at radius 1 is 1.08 bits per heavy atom. The topological polar surface area (TPSA) is 101 Å². The minimum absolute atomic E-state index is 0.0717. The number of carbonyl (C=O) groups is 2. The zero-order valence-electron chi connectivity index (χ0n) is 14.1. The fraction of sp³-hybridized carbons (Fsp3) is 0.333. The highest BCUT2D eigenvalue weighted by Crippen LogP contribution is 2.23. The number of hydrogen-bond acceptors (Lipinski definition) is 4. The van der Waals surface area contributed by atoms with Crippen molar-refractivity contribution in [3.05, 3.63) is 42.5 Å². The molecule has 0 aromatic heterocycles. The summed E-state index contributed by atoms with van der Waals surface area (Å²) < 4.78 is 28.0. The van der Waals surface area contributed by atoms with Gasteiger partial charge in [0.1, 0.15) is 0 Å². The molecule has 0 aliphatic carbocycles. The number of carbonyl (C=O) groups excluding carboxylic acids is 1. The Morgan fingerprint density at radius 2 is 1.72 bits per heavy atom. The Labute approximate surface area is 146 Å². The third-order valence-corrected chi connectivity index (χ3v) is 5.43. The van der Waals surface area contributed by atoms with Crippen molar-refractivity contribution in [1.82, 2.24) is 4.72 Å². The lowest BCUT2D eigenvalue weighted by Crippen LogP contribution is -2.43. The SMILES string of the molecule is CC(C)C(=O)C(CCC(=O)O)NS(=O)(=O)c1cccc2ccccc12. The molecule has 2 rings (SSSR count). The standard InChI is InChI=1S/C18H21NO5S/c1-12(2)18(22)15(10-11-17(20)21)19-25(23,24)16-9-5-7-13-6-3-4-8-14(13)16/h3-9,12,15,19H,10-11H2,1-2H3,(H,20,21). The van der Waals surface area contributed by atoms with E-state index in [9.17, 15) is 18.0 Å². The van der Waals surface area contributed by atoms with E-state index in [1.54, 1.807) is 44.2 Å². The van der Waals surface area contributed by atoms with Gasteiger partial charge in [-0.25, -0.2) is 13.1 Å². The molecule has 0 fully saturated rings. The third kappa shape index (κ3) is 4.64. The molecule has 0 amide bonds. The Morgan fingerprint density at radius 3 is 2.36 bits per heavy atom. The molecule has 0 heterocycles. The Balaban J connectivity index is 2.38. The number of ketones is 1. The average Bonchev–Trinajstić information content (AvgIpc) is 2.57. The maximum absolute atomic E-state index is 12.8. The van der Waals surface area contributed by atoms with Gasteiger partial charge in [0, 0.05) is 17.7 Å². The highest BCUT2D eigenvalue weighted by Gasteiger charge is 2.28. The monoisotopic (exact) mass is 363 g/mol. The molecule has 2 aromatic carbocycles. The first-order chi connectivity index (χ1) is 11.7.